The van der Waals surface area contributed by atoms with Crippen molar-refractivity contribution in [2.24, 2.45) is 0 Å². The number of aryl methyl sites for hydroxylation is 1. The van der Waals surface area contributed by atoms with Crippen molar-refractivity contribution < 1.29 is 9.72 Å². The molecule has 25 heavy (non-hydrogen) atoms. The Kier molecular flexibility index (Phi) is 4.78. The van der Waals surface area contributed by atoms with Crippen LogP contribution >= 0.6 is 22.9 Å². The van der Waals surface area contributed by atoms with Gasteiger partial charge in [-0.2, -0.15) is 0 Å². The van der Waals surface area contributed by atoms with Crippen molar-refractivity contribution in [3.8, 4) is 11.3 Å². The van der Waals surface area contributed by atoms with E-state index in [1.54, 1.807) is 12.1 Å². The van der Waals surface area contributed by atoms with Crippen LogP contribution in [-0.4, -0.2) is 15.8 Å². The van der Waals surface area contributed by atoms with Crippen LogP contribution in [0.3, 0.4) is 0 Å². The number of amides is 1. The Morgan fingerprint density at radius 2 is 2.04 bits per heavy atom. The average molecular weight is 374 g/mol. The van der Waals surface area contributed by atoms with Crippen molar-refractivity contribution in [3.63, 3.8) is 0 Å². The van der Waals surface area contributed by atoms with Crippen molar-refractivity contribution in [2.75, 3.05) is 5.32 Å². The molecule has 1 amide bonds. The first-order valence-corrected chi connectivity index (χ1v) is 8.48. The number of hydrogen-bond acceptors (Lipinski definition) is 5. The number of nitrogens with one attached hydrogen (secondary N) is 1. The molecule has 2 aromatic carbocycles. The number of halogens is 1. The maximum absolute atomic E-state index is 12.5. The van der Waals surface area contributed by atoms with Crippen molar-refractivity contribution in [1.29, 1.82) is 0 Å². The lowest BCUT2D eigenvalue weighted by atomic mass is 10.1. The summed E-state index contributed by atoms with van der Waals surface area (Å²) in [6.45, 7) is 1.90. The molecule has 1 heterocycles. The summed E-state index contributed by atoms with van der Waals surface area (Å²) in [7, 11) is 0. The number of nitrogens with zero attached hydrogens (tertiary/aromatic N) is 2. The van der Waals surface area contributed by atoms with E-state index in [4.69, 9.17) is 11.6 Å². The zero-order valence-corrected chi connectivity index (χ0v) is 14.6. The lowest BCUT2D eigenvalue weighted by molar-refractivity contribution is -0.384. The number of aromatic nitrogens is 1. The molecule has 0 unspecified atom stereocenters. The number of carbonyl (C=O) groups excluding carboxylic acids is 1. The summed E-state index contributed by atoms with van der Waals surface area (Å²) in [6, 6.07) is 11.2. The van der Waals surface area contributed by atoms with Crippen LogP contribution in [0, 0.1) is 17.0 Å². The van der Waals surface area contributed by atoms with E-state index in [9.17, 15) is 14.9 Å². The van der Waals surface area contributed by atoms with Gasteiger partial charge in [0.05, 0.1) is 21.3 Å². The standard InChI is InChI=1S/C17H12ClN3O3S/c1-10-19-15(9-25-10)12-4-2-3-5-14(12)20-17(22)11-6-7-13(18)16(8-11)21(23)24/h2-9H,1H3,(H,20,22). The molecule has 1 aromatic heterocycles. The van der Waals surface area contributed by atoms with Crippen LogP contribution in [0.15, 0.2) is 47.8 Å². The second-order valence-corrected chi connectivity index (χ2v) is 6.64. The van der Waals surface area contributed by atoms with Gasteiger partial charge >= 0.3 is 0 Å². The highest BCUT2D eigenvalue weighted by molar-refractivity contribution is 7.09. The topological polar surface area (TPSA) is 85.1 Å². The van der Waals surface area contributed by atoms with Gasteiger partial charge in [0.1, 0.15) is 5.02 Å². The second-order valence-electron chi connectivity index (χ2n) is 5.17. The van der Waals surface area contributed by atoms with Gasteiger partial charge in [-0.15, -0.1) is 11.3 Å². The Balaban J connectivity index is 1.92. The highest BCUT2D eigenvalue weighted by Crippen LogP contribution is 2.30. The Bertz CT molecular complexity index is 971. The number of benzene rings is 2. The van der Waals surface area contributed by atoms with E-state index in [0.717, 1.165) is 22.3 Å². The molecule has 0 aliphatic rings. The van der Waals surface area contributed by atoms with E-state index in [2.05, 4.69) is 10.3 Å². The van der Waals surface area contributed by atoms with E-state index in [1.165, 1.54) is 23.5 Å². The monoisotopic (exact) mass is 373 g/mol. The van der Waals surface area contributed by atoms with E-state index in [-0.39, 0.29) is 16.3 Å². The molecule has 0 saturated heterocycles. The summed E-state index contributed by atoms with van der Waals surface area (Å²) in [4.78, 5) is 27.3. The van der Waals surface area contributed by atoms with Crippen LogP contribution in [0.5, 0.6) is 0 Å². The number of para-hydroxylation sites is 1. The number of nitro benzene ring substituents is 1. The van der Waals surface area contributed by atoms with Crippen LogP contribution in [-0.2, 0) is 0 Å². The Labute approximate surface area is 152 Å². The molecule has 1 N–H and O–H groups in total. The minimum atomic E-state index is -0.620. The van der Waals surface area contributed by atoms with Crippen molar-refractivity contribution in [2.45, 2.75) is 6.92 Å². The van der Waals surface area contributed by atoms with Gasteiger partial charge in [0.25, 0.3) is 11.6 Å². The molecule has 0 bridgehead atoms. The number of rotatable bonds is 4. The van der Waals surface area contributed by atoms with E-state index >= 15 is 0 Å². The smallest absolute Gasteiger partial charge is 0.288 e. The number of anilines is 1. The molecule has 3 rings (SSSR count). The van der Waals surface area contributed by atoms with Gasteiger partial charge in [0, 0.05) is 22.6 Å². The van der Waals surface area contributed by atoms with Gasteiger partial charge in [0.2, 0.25) is 0 Å². The third-order valence-electron chi connectivity index (χ3n) is 3.48. The Morgan fingerprint density at radius 3 is 2.72 bits per heavy atom. The summed E-state index contributed by atoms with van der Waals surface area (Å²) in [6.07, 6.45) is 0. The first kappa shape index (κ1) is 17.1. The third-order valence-corrected chi connectivity index (χ3v) is 4.57. The van der Waals surface area contributed by atoms with Crippen molar-refractivity contribution >= 4 is 40.2 Å². The minimum Gasteiger partial charge on any atom is -0.321 e. The normalized spacial score (nSPS) is 10.5. The summed E-state index contributed by atoms with van der Waals surface area (Å²) < 4.78 is 0. The van der Waals surface area contributed by atoms with Crippen LogP contribution in [0.4, 0.5) is 11.4 Å². The molecule has 3 aromatic rings. The van der Waals surface area contributed by atoms with Gasteiger partial charge in [-0.3, -0.25) is 14.9 Å². The zero-order chi connectivity index (χ0) is 18.0. The predicted molar refractivity (Wildman–Crippen MR) is 98.3 cm³/mol. The first-order chi connectivity index (χ1) is 12.0. The fourth-order valence-electron chi connectivity index (χ4n) is 2.29. The van der Waals surface area contributed by atoms with Crippen LogP contribution in [0.2, 0.25) is 5.02 Å². The number of hydrogen-bond donors (Lipinski definition) is 1. The van der Waals surface area contributed by atoms with Crippen molar-refractivity contribution in [1.82, 2.24) is 4.98 Å². The van der Waals surface area contributed by atoms with E-state index < -0.39 is 10.8 Å². The number of thiazole rings is 1. The first-order valence-electron chi connectivity index (χ1n) is 7.22. The molecule has 0 radical (unpaired) electrons. The molecular weight excluding hydrogens is 362 g/mol. The molecule has 0 fully saturated rings. The molecule has 8 heteroatoms. The molecule has 6 nitrogen and oxygen atoms in total. The fourth-order valence-corrected chi connectivity index (χ4v) is 3.09. The molecule has 0 aliphatic carbocycles. The second kappa shape index (κ2) is 7.00. The summed E-state index contributed by atoms with van der Waals surface area (Å²) in [5, 5.41) is 16.6. The summed E-state index contributed by atoms with van der Waals surface area (Å²) in [5.74, 6) is -0.459. The van der Waals surface area contributed by atoms with Gasteiger partial charge in [-0.1, -0.05) is 29.8 Å². The quantitative estimate of drug-likeness (QED) is 0.518. The molecule has 0 aliphatic heterocycles. The zero-order valence-electron chi connectivity index (χ0n) is 13.0. The SMILES string of the molecule is Cc1nc(-c2ccccc2NC(=O)c2ccc(Cl)c([N+](=O)[O-])c2)cs1. The molecule has 0 spiro atoms. The number of carbonyl (C=O) groups is 1. The van der Waals surface area contributed by atoms with Gasteiger partial charge in [-0.25, -0.2) is 4.98 Å². The summed E-state index contributed by atoms with van der Waals surface area (Å²) >= 11 is 7.30. The van der Waals surface area contributed by atoms with E-state index in [1.807, 2.05) is 24.4 Å². The molecule has 0 saturated carbocycles. The molecule has 126 valence electrons. The molecule has 0 atom stereocenters. The van der Waals surface area contributed by atoms with Crippen molar-refractivity contribution in [3.05, 3.63) is 73.6 Å². The van der Waals surface area contributed by atoms with Gasteiger partial charge < -0.3 is 5.32 Å². The lowest BCUT2D eigenvalue weighted by Gasteiger charge is -2.10. The van der Waals surface area contributed by atoms with E-state index in [0.29, 0.717) is 5.69 Å². The largest absolute Gasteiger partial charge is 0.321 e. The minimum absolute atomic E-state index is 0.0140. The maximum atomic E-state index is 12.5. The summed E-state index contributed by atoms with van der Waals surface area (Å²) in [5.41, 5.74) is 1.97. The lowest BCUT2D eigenvalue weighted by Crippen LogP contribution is -2.13. The average Bonchev–Trinajstić information content (AvgIpc) is 3.01. The maximum Gasteiger partial charge on any atom is 0.288 e. The molecular formula is C17H12ClN3O3S. The van der Waals surface area contributed by atoms with Crippen LogP contribution in [0.25, 0.3) is 11.3 Å². The third kappa shape index (κ3) is 3.67. The van der Waals surface area contributed by atoms with Crippen LogP contribution < -0.4 is 5.32 Å². The van der Waals surface area contributed by atoms with Gasteiger partial charge in [0.15, 0.2) is 0 Å². The van der Waals surface area contributed by atoms with Crippen LogP contribution in [0.1, 0.15) is 15.4 Å². The Hall–Kier alpha value is -2.77. The predicted octanol–water partition coefficient (Wildman–Crippen LogP) is 4.93. The highest BCUT2D eigenvalue weighted by atomic mass is 35.5. The van der Waals surface area contributed by atoms with Gasteiger partial charge in [-0.05, 0) is 25.1 Å². The highest BCUT2D eigenvalue weighted by Gasteiger charge is 2.17. The Morgan fingerprint density at radius 1 is 1.28 bits per heavy atom. The number of nitro groups is 1. The fraction of sp³-hybridized carbons (Fsp3) is 0.0588.